The van der Waals surface area contributed by atoms with E-state index in [4.69, 9.17) is 9.73 Å². The van der Waals surface area contributed by atoms with Gasteiger partial charge in [-0.2, -0.15) is 0 Å². The second-order valence-electron chi connectivity index (χ2n) is 7.48. The van der Waals surface area contributed by atoms with E-state index in [2.05, 4.69) is 27.0 Å². The van der Waals surface area contributed by atoms with Crippen LogP contribution < -0.4 is 10.1 Å². The van der Waals surface area contributed by atoms with Gasteiger partial charge in [-0.1, -0.05) is 0 Å². The Bertz CT molecular complexity index is 640. The first-order valence-corrected chi connectivity index (χ1v) is 10.8. The number of nitrogens with zero attached hydrogens (tertiary/aromatic N) is 5. The summed E-state index contributed by atoms with van der Waals surface area (Å²) in [5.41, 5.74) is 0. The standard InChI is InChI=1S/C21H34N6O2/c1-2-23-21(24-9-16-29-19-7-6-8-22-17-19)27-14-12-25(13-15-27)18-20(28)26-10-4-3-5-11-26/h6-8,17H,2-5,9-16,18H2,1H3,(H,23,24). The van der Waals surface area contributed by atoms with Crippen LogP contribution in [0.4, 0.5) is 0 Å². The van der Waals surface area contributed by atoms with Crippen LogP contribution >= 0.6 is 0 Å². The maximum absolute atomic E-state index is 12.5. The van der Waals surface area contributed by atoms with E-state index in [1.54, 1.807) is 12.4 Å². The molecule has 0 unspecified atom stereocenters. The number of rotatable bonds is 7. The number of pyridine rings is 1. The molecule has 29 heavy (non-hydrogen) atoms. The molecular weight excluding hydrogens is 368 g/mol. The average Bonchev–Trinajstić information content (AvgIpc) is 2.78. The topological polar surface area (TPSA) is 73.3 Å². The molecule has 0 saturated carbocycles. The normalized spacial score (nSPS) is 18.6. The number of piperazine rings is 1. The van der Waals surface area contributed by atoms with Crippen LogP contribution in [0.25, 0.3) is 0 Å². The zero-order chi connectivity index (χ0) is 20.3. The number of ether oxygens (including phenoxy) is 1. The molecule has 3 rings (SSSR count). The highest BCUT2D eigenvalue weighted by Gasteiger charge is 2.24. The van der Waals surface area contributed by atoms with Crippen LogP contribution in [-0.2, 0) is 4.79 Å². The third kappa shape index (κ3) is 6.88. The van der Waals surface area contributed by atoms with Crippen molar-refractivity contribution in [3.8, 4) is 5.75 Å². The number of hydrogen-bond acceptors (Lipinski definition) is 5. The molecular formula is C21H34N6O2. The van der Waals surface area contributed by atoms with Crippen LogP contribution in [0.3, 0.4) is 0 Å². The van der Waals surface area contributed by atoms with Crippen molar-refractivity contribution in [3.05, 3.63) is 24.5 Å². The Labute approximate surface area is 173 Å². The molecule has 2 aliphatic heterocycles. The van der Waals surface area contributed by atoms with Crippen molar-refractivity contribution in [3.63, 3.8) is 0 Å². The lowest BCUT2D eigenvalue weighted by Gasteiger charge is -2.37. The van der Waals surface area contributed by atoms with Gasteiger partial charge >= 0.3 is 0 Å². The second kappa shape index (κ2) is 11.6. The highest BCUT2D eigenvalue weighted by Crippen LogP contribution is 2.10. The number of piperidine rings is 1. The number of likely N-dealkylation sites (tertiary alicyclic amines) is 1. The van der Waals surface area contributed by atoms with Crippen LogP contribution in [-0.4, -0.2) is 97.1 Å². The van der Waals surface area contributed by atoms with Crippen molar-refractivity contribution in [1.82, 2.24) is 25.0 Å². The molecule has 8 nitrogen and oxygen atoms in total. The minimum atomic E-state index is 0.284. The van der Waals surface area contributed by atoms with Crippen molar-refractivity contribution in [2.45, 2.75) is 26.2 Å². The van der Waals surface area contributed by atoms with Crippen molar-refractivity contribution in [1.29, 1.82) is 0 Å². The lowest BCUT2D eigenvalue weighted by Crippen LogP contribution is -2.54. The van der Waals surface area contributed by atoms with E-state index in [9.17, 15) is 4.79 Å². The fourth-order valence-corrected chi connectivity index (χ4v) is 3.73. The van der Waals surface area contributed by atoms with E-state index in [1.807, 2.05) is 17.0 Å². The minimum Gasteiger partial charge on any atom is -0.490 e. The molecule has 2 saturated heterocycles. The van der Waals surface area contributed by atoms with Gasteiger partial charge in [0, 0.05) is 52.0 Å². The molecule has 8 heteroatoms. The molecule has 0 atom stereocenters. The quantitative estimate of drug-likeness (QED) is 0.418. The lowest BCUT2D eigenvalue weighted by molar-refractivity contribution is -0.133. The van der Waals surface area contributed by atoms with Gasteiger partial charge in [0.2, 0.25) is 5.91 Å². The summed E-state index contributed by atoms with van der Waals surface area (Å²) in [5.74, 6) is 1.97. The van der Waals surface area contributed by atoms with Gasteiger partial charge < -0.3 is 19.9 Å². The highest BCUT2D eigenvalue weighted by molar-refractivity contribution is 5.80. The molecule has 0 spiro atoms. The number of aromatic nitrogens is 1. The molecule has 0 radical (unpaired) electrons. The molecule has 1 amide bonds. The van der Waals surface area contributed by atoms with Gasteiger partial charge in [-0.3, -0.25) is 14.7 Å². The molecule has 0 aromatic carbocycles. The largest absolute Gasteiger partial charge is 0.490 e. The van der Waals surface area contributed by atoms with Gasteiger partial charge in [0.25, 0.3) is 0 Å². The molecule has 0 aliphatic carbocycles. The van der Waals surface area contributed by atoms with Gasteiger partial charge in [0.15, 0.2) is 5.96 Å². The van der Waals surface area contributed by atoms with Crippen LogP contribution in [0.2, 0.25) is 0 Å². The van der Waals surface area contributed by atoms with Gasteiger partial charge in [0.1, 0.15) is 12.4 Å². The monoisotopic (exact) mass is 402 g/mol. The number of hydrogen-bond donors (Lipinski definition) is 1. The summed E-state index contributed by atoms with van der Waals surface area (Å²) in [7, 11) is 0. The van der Waals surface area contributed by atoms with E-state index in [1.165, 1.54) is 6.42 Å². The van der Waals surface area contributed by atoms with Crippen LogP contribution in [0, 0.1) is 0 Å². The van der Waals surface area contributed by atoms with Gasteiger partial charge in [-0.25, -0.2) is 4.99 Å². The smallest absolute Gasteiger partial charge is 0.236 e. The van der Waals surface area contributed by atoms with Crippen molar-refractivity contribution in [2.24, 2.45) is 4.99 Å². The lowest BCUT2D eigenvalue weighted by atomic mass is 10.1. The van der Waals surface area contributed by atoms with Gasteiger partial charge in [-0.05, 0) is 38.3 Å². The summed E-state index contributed by atoms with van der Waals surface area (Å²) >= 11 is 0. The van der Waals surface area contributed by atoms with Crippen LogP contribution in [0.5, 0.6) is 5.75 Å². The zero-order valence-corrected chi connectivity index (χ0v) is 17.6. The molecule has 0 bridgehead atoms. The molecule has 1 aromatic rings. The number of amides is 1. The van der Waals surface area contributed by atoms with Gasteiger partial charge in [-0.15, -0.1) is 0 Å². The molecule has 1 aromatic heterocycles. The summed E-state index contributed by atoms with van der Waals surface area (Å²) in [5, 5.41) is 3.37. The fraction of sp³-hybridized carbons (Fsp3) is 0.667. The molecule has 3 heterocycles. The Morgan fingerprint density at radius 1 is 1.14 bits per heavy atom. The molecule has 2 fully saturated rings. The molecule has 160 valence electrons. The Hall–Kier alpha value is -2.35. The predicted molar refractivity (Wildman–Crippen MR) is 114 cm³/mol. The van der Waals surface area contributed by atoms with E-state index in [0.29, 0.717) is 19.7 Å². The SMILES string of the molecule is CCNC(=NCCOc1cccnc1)N1CCN(CC(=O)N2CCCCC2)CC1. The van der Waals surface area contributed by atoms with Crippen molar-refractivity contribution >= 4 is 11.9 Å². The fourth-order valence-electron chi connectivity index (χ4n) is 3.73. The third-order valence-corrected chi connectivity index (χ3v) is 5.33. The third-order valence-electron chi connectivity index (χ3n) is 5.33. The highest BCUT2D eigenvalue weighted by atomic mass is 16.5. The summed E-state index contributed by atoms with van der Waals surface area (Å²) < 4.78 is 5.67. The first-order valence-electron chi connectivity index (χ1n) is 10.8. The number of aliphatic imine (C=N–C) groups is 1. The first-order chi connectivity index (χ1) is 14.3. The number of nitrogens with one attached hydrogen (secondary N) is 1. The van der Waals surface area contributed by atoms with E-state index in [-0.39, 0.29) is 5.91 Å². The maximum atomic E-state index is 12.5. The Balaban J connectivity index is 1.41. The number of carbonyl (C=O) groups is 1. The summed E-state index contributed by atoms with van der Waals surface area (Å²) in [6.07, 6.45) is 6.98. The zero-order valence-electron chi connectivity index (χ0n) is 17.6. The first kappa shape index (κ1) is 21.4. The Morgan fingerprint density at radius 2 is 1.93 bits per heavy atom. The number of carbonyl (C=O) groups excluding carboxylic acids is 1. The summed E-state index contributed by atoms with van der Waals surface area (Å²) in [6.45, 7) is 9.94. The average molecular weight is 403 g/mol. The van der Waals surface area contributed by atoms with Crippen molar-refractivity contribution in [2.75, 3.05) is 65.5 Å². The predicted octanol–water partition coefficient (Wildman–Crippen LogP) is 1.06. The molecule has 2 aliphatic rings. The Kier molecular flexibility index (Phi) is 8.55. The van der Waals surface area contributed by atoms with Gasteiger partial charge in [0.05, 0.1) is 19.3 Å². The second-order valence-corrected chi connectivity index (χ2v) is 7.48. The summed E-state index contributed by atoms with van der Waals surface area (Å²) in [4.78, 5) is 27.8. The maximum Gasteiger partial charge on any atom is 0.236 e. The van der Waals surface area contributed by atoms with E-state index < -0.39 is 0 Å². The van der Waals surface area contributed by atoms with Crippen LogP contribution in [0.15, 0.2) is 29.5 Å². The van der Waals surface area contributed by atoms with E-state index >= 15 is 0 Å². The molecule has 1 N–H and O–H groups in total. The van der Waals surface area contributed by atoms with Crippen molar-refractivity contribution < 1.29 is 9.53 Å². The Morgan fingerprint density at radius 3 is 2.62 bits per heavy atom. The number of guanidine groups is 1. The minimum absolute atomic E-state index is 0.284. The van der Waals surface area contributed by atoms with E-state index in [0.717, 1.165) is 70.4 Å². The summed E-state index contributed by atoms with van der Waals surface area (Å²) in [6, 6.07) is 3.75. The van der Waals surface area contributed by atoms with Crippen LogP contribution in [0.1, 0.15) is 26.2 Å².